The minimum absolute atomic E-state index is 0.482. The van der Waals surface area contributed by atoms with Gasteiger partial charge in [0.25, 0.3) is 0 Å². The van der Waals surface area contributed by atoms with Crippen LogP contribution in [0.1, 0.15) is 5.69 Å². The van der Waals surface area contributed by atoms with Crippen molar-refractivity contribution >= 4 is 17.3 Å². The van der Waals surface area contributed by atoms with E-state index in [2.05, 4.69) is 11.6 Å². The van der Waals surface area contributed by atoms with E-state index in [4.69, 9.17) is 0 Å². The molecule has 2 aromatic rings. The molecule has 0 aliphatic carbocycles. The van der Waals surface area contributed by atoms with Gasteiger partial charge in [-0.1, -0.05) is 24.3 Å². The number of benzene rings is 1. The molecule has 4 nitrogen and oxygen atoms in total. The number of fused-ring (bicyclic) bond motifs is 1. The van der Waals surface area contributed by atoms with Crippen molar-refractivity contribution < 1.29 is 4.79 Å². The van der Waals surface area contributed by atoms with Crippen LogP contribution in [0.25, 0.3) is 10.9 Å². The third kappa shape index (κ3) is 1.54. The molecule has 0 fully saturated rings. The van der Waals surface area contributed by atoms with E-state index >= 15 is 0 Å². The summed E-state index contributed by atoms with van der Waals surface area (Å²) >= 11 is 0. The molecule has 0 unspecified atom stereocenters. The zero-order valence-electron chi connectivity index (χ0n) is 8.59. The van der Waals surface area contributed by atoms with Gasteiger partial charge in [0.05, 0.1) is 11.2 Å². The van der Waals surface area contributed by atoms with Crippen LogP contribution < -0.4 is 5.69 Å². The number of para-hydroxylation sites is 1. The lowest BCUT2D eigenvalue weighted by atomic mass is 10.1. The average molecular weight is 214 g/mol. The van der Waals surface area contributed by atoms with Gasteiger partial charge in [0.15, 0.2) is 0 Å². The molecule has 0 saturated carbocycles. The highest BCUT2D eigenvalue weighted by atomic mass is 16.2. The molecule has 0 radical (unpaired) electrons. The van der Waals surface area contributed by atoms with Gasteiger partial charge in [-0.2, -0.15) is 4.98 Å². The van der Waals surface area contributed by atoms with Gasteiger partial charge in [-0.15, -0.1) is 6.58 Å². The minimum atomic E-state index is -0.550. The zero-order chi connectivity index (χ0) is 11.5. The van der Waals surface area contributed by atoms with Crippen LogP contribution in [0.2, 0.25) is 0 Å². The summed E-state index contributed by atoms with van der Waals surface area (Å²) in [7, 11) is 0. The molecular formula is C12H10N2O2. The summed E-state index contributed by atoms with van der Waals surface area (Å²) in [6, 6.07) is 7.18. The number of aromatic nitrogens is 2. The van der Waals surface area contributed by atoms with Gasteiger partial charge in [0.1, 0.15) is 0 Å². The SMILES string of the molecule is C=CCc1nc(=O)n(C=O)c2ccccc12. The Hall–Kier alpha value is -2.23. The maximum absolute atomic E-state index is 11.5. The maximum Gasteiger partial charge on any atom is 0.354 e. The Labute approximate surface area is 91.9 Å². The van der Waals surface area contributed by atoms with Gasteiger partial charge in [0.2, 0.25) is 6.41 Å². The van der Waals surface area contributed by atoms with Crippen molar-refractivity contribution in [3.8, 4) is 0 Å². The molecule has 0 spiro atoms. The first-order valence-electron chi connectivity index (χ1n) is 4.84. The summed E-state index contributed by atoms with van der Waals surface area (Å²) in [6.07, 6.45) is 2.67. The number of carbonyl (C=O) groups excluding carboxylic acids is 1. The third-order valence-corrected chi connectivity index (χ3v) is 2.35. The lowest BCUT2D eigenvalue weighted by Crippen LogP contribution is -2.24. The fourth-order valence-electron chi connectivity index (χ4n) is 1.65. The van der Waals surface area contributed by atoms with E-state index in [9.17, 15) is 9.59 Å². The molecule has 1 aromatic heterocycles. The maximum atomic E-state index is 11.5. The molecule has 1 heterocycles. The smallest absolute Gasteiger partial charge is 0.278 e. The van der Waals surface area contributed by atoms with Gasteiger partial charge in [-0.05, 0) is 6.07 Å². The van der Waals surface area contributed by atoms with Crippen LogP contribution in [0.4, 0.5) is 0 Å². The second-order valence-corrected chi connectivity index (χ2v) is 3.33. The average Bonchev–Trinajstić information content (AvgIpc) is 2.30. The highest BCUT2D eigenvalue weighted by molar-refractivity contribution is 5.85. The van der Waals surface area contributed by atoms with Crippen molar-refractivity contribution in [2.24, 2.45) is 0 Å². The largest absolute Gasteiger partial charge is 0.354 e. The molecule has 0 aliphatic rings. The Morgan fingerprint density at radius 2 is 2.12 bits per heavy atom. The predicted molar refractivity (Wildman–Crippen MR) is 62.1 cm³/mol. The van der Waals surface area contributed by atoms with Crippen LogP contribution in [0.3, 0.4) is 0 Å². The van der Waals surface area contributed by atoms with Crippen LogP contribution in [-0.4, -0.2) is 16.0 Å². The van der Waals surface area contributed by atoms with E-state index in [1.807, 2.05) is 12.1 Å². The molecular weight excluding hydrogens is 204 g/mol. The topological polar surface area (TPSA) is 52.0 Å². The summed E-state index contributed by atoms with van der Waals surface area (Å²) in [5.74, 6) is 0. The van der Waals surface area contributed by atoms with Gasteiger partial charge in [0, 0.05) is 11.8 Å². The van der Waals surface area contributed by atoms with Crippen molar-refractivity contribution in [1.82, 2.24) is 9.55 Å². The standard InChI is InChI=1S/C12H10N2O2/c1-2-5-10-9-6-3-4-7-11(9)14(8-15)12(16)13-10/h2-4,6-8H,1,5H2. The Morgan fingerprint density at radius 1 is 1.38 bits per heavy atom. The van der Waals surface area contributed by atoms with Crippen LogP contribution in [0.15, 0.2) is 41.7 Å². The minimum Gasteiger partial charge on any atom is -0.278 e. The third-order valence-electron chi connectivity index (χ3n) is 2.35. The van der Waals surface area contributed by atoms with Crippen LogP contribution >= 0.6 is 0 Å². The van der Waals surface area contributed by atoms with E-state index < -0.39 is 5.69 Å². The second-order valence-electron chi connectivity index (χ2n) is 3.33. The number of hydrogen-bond acceptors (Lipinski definition) is 3. The van der Waals surface area contributed by atoms with Crippen molar-refractivity contribution in [2.45, 2.75) is 6.42 Å². The lowest BCUT2D eigenvalue weighted by molar-refractivity contribution is 0.546. The second kappa shape index (κ2) is 4.10. The molecule has 1 aromatic carbocycles. The lowest BCUT2D eigenvalue weighted by Gasteiger charge is -2.05. The molecule has 0 saturated heterocycles. The molecule has 0 amide bonds. The van der Waals surface area contributed by atoms with E-state index in [-0.39, 0.29) is 0 Å². The van der Waals surface area contributed by atoms with E-state index in [0.717, 1.165) is 9.95 Å². The van der Waals surface area contributed by atoms with E-state index in [1.165, 1.54) is 0 Å². The Kier molecular flexibility index (Phi) is 2.64. The van der Waals surface area contributed by atoms with Gasteiger partial charge in [-0.25, -0.2) is 9.36 Å². The zero-order valence-corrected chi connectivity index (χ0v) is 8.59. The first-order chi connectivity index (χ1) is 7.77. The van der Waals surface area contributed by atoms with Gasteiger partial charge < -0.3 is 0 Å². The normalized spacial score (nSPS) is 10.2. The number of allylic oxidation sites excluding steroid dienone is 1. The van der Waals surface area contributed by atoms with Gasteiger partial charge in [-0.3, -0.25) is 4.79 Å². The predicted octanol–water partition coefficient (Wildman–Crippen LogP) is 1.16. The summed E-state index contributed by atoms with van der Waals surface area (Å²) in [6.45, 7) is 3.62. The molecule has 80 valence electrons. The van der Waals surface area contributed by atoms with Crippen molar-refractivity contribution in [3.63, 3.8) is 0 Å². The summed E-state index contributed by atoms with van der Waals surface area (Å²) in [5, 5.41) is 0.800. The summed E-state index contributed by atoms with van der Waals surface area (Å²) in [4.78, 5) is 26.2. The molecule has 16 heavy (non-hydrogen) atoms. The van der Waals surface area contributed by atoms with Crippen LogP contribution in [0.5, 0.6) is 0 Å². The first-order valence-corrected chi connectivity index (χ1v) is 4.84. The Morgan fingerprint density at radius 3 is 2.81 bits per heavy atom. The Balaban J connectivity index is 2.90. The molecule has 2 rings (SSSR count). The van der Waals surface area contributed by atoms with Crippen LogP contribution in [-0.2, 0) is 11.2 Å². The van der Waals surface area contributed by atoms with Crippen molar-refractivity contribution in [3.05, 3.63) is 53.1 Å². The fraction of sp³-hybridized carbons (Fsp3) is 0.0833. The van der Waals surface area contributed by atoms with E-state index in [1.54, 1.807) is 18.2 Å². The van der Waals surface area contributed by atoms with Crippen molar-refractivity contribution in [1.29, 1.82) is 0 Å². The summed E-state index contributed by atoms with van der Waals surface area (Å²) < 4.78 is 1.00. The van der Waals surface area contributed by atoms with E-state index in [0.29, 0.717) is 24.0 Å². The number of hydrogen-bond donors (Lipinski definition) is 0. The summed E-state index contributed by atoms with van der Waals surface area (Å²) in [5.41, 5.74) is 0.675. The number of carbonyl (C=O) groups is 1. The monoisotopic (exact) mass is 214 g/mol. The Bertz CT molecular complexity index is 614. The number of rotatable bonds is 3. The number of nitrogens with zero attached hydrogens (tertiary/aromatic N) is 2. The quantitative estimate of drug-likeness (QED) is 0.569. The molecule has 4 heteroatoms. The highest BCUT2D eigenvalue weighted by Gasteiger charge is 2.07. The first kappa shape index (κ1) is 10.3. The molecule has 0 aliphatic heterocycles. The molecule has 0 bridgehead atoms. The molecule has 0 N–H and O–H groups in total. The van der Waals surface area contributed by atoms with Crippen molar-refractivity contribution in [2.75, 3.05) is 0 Å². The van der Waals surface area contributed by atoms with Crippen LogP contribution in [0, 0.1) is 0 Å². The highest BCUT2D eigenvalue weighted by Crippen LogP contribution is 2.14. The molecule has 0 atom stereocenters. The fourth-order valence-corrected chi connectivity index (χ4v) is 1.65. The van der Waals surface area contributed by atoms with Gasteiger partial charge >= 0.3 is 5.69 Å².